The third-order valence-corrected chi connectivity index (χ3v) is 3.14. The van der Waals surface area contributed by atoms with Crippen molar-refractivity contribution in [2.45, 2.75) is 13.3 Å². The molecule has 82 valence electrons. The number of rotatable bonds is 4. The second-order valence-corrected chi connectivity index (χ2v) is 3.83. The summed E-state index contributed by atoms with van der Waals surface area (Å²) in [4.78, 5) is 26.3. The van der Waals surface area contributed by atoms with Crippen LogP contribution in [0.2, 0.25) is 10.2 Å². The number of hydrogen-bond donors (Lipinski definition) is 0. The Morgan fingerprint density at radius 2 is 2.33 bits per heavy atom. The molecule has 0 radical (unpaired) electrons. The third-order valence-electron chi connectivity index (χ3n) is 1.37. The van der Waals surface area contributed by atoms with E-state index in [1.165, 1.54) is 0 Å². The van der Waals surface area contributed by atoms with Gasteiger partial charge in [0, 0.05) is 6.42 Å². The standard InChI is InChI=1S/C7H6Cl2N2O3S/c1-2-4(13)14-11(3-12)7-5(8)6(9)10-15-7/h3H,2H2,1H3. The van der Waals surface area contributed by atoms with Crippen LogP contribution in [-0.4, -0.2) is 16.8 Å². The molecule has 1 aromatic rings. The summed E-state index contributed by atoms with van der Waals surface area (Å²) in [5, 5.41) is 1.03. The molecule has 0 bridgehead atoms. The van der Waals surface area contributed by atoms with Crippen LogP contribution < -0.4 is 5.06 Å². The largest absolute Gasteiger partial charge is 0.333 e. The maximum Gasteiger partial charge on any atom is 0.332 e. The molecule has 1 heterocycles. The van der Waals surface area contributed by atoms with Crippen molar-refractivity contribution in [3.8, 4) is 0 Å². The Morgan fingerprint density at radius 3 is 2.73 bits per heavy atom. The molecule has 15 heavy (non-hydrogen) atoms. The Bertz CT molecular complexity index is 382. The van der Waals surface area contributed by atoms with Crippen LogP contribution in [0.5, 0.6) is 0 Å². The van der Waals surface area contributed by atoms with Gasteiger partial charge < -0.3 is 4.84 Å². The van der Waals surface area contributed by atoms with Crippen molar-refractivity contribution in [2.24, 2.45) is 0 Å². The smallest absolute Gasteiger partial charge is 0.332 e. The van der Waals surface area contributed by atoms with Crippen molar-refractivity contribution in [1.82, 2.24) is 4.37 Å². The minimum Gasteiger partial charge on any atom is -0.333 e. The van der Waals surface area contributed by atoms with Crippen LogP contribution in [0.4, 0.5) is 5.00 Å². The number of anilines is 1. The molecule has 0 saturated heterocycles. The van der Waals surface area contributed by atoms with E-state index in [2.05, 4.69) is 9.21 Å². The second-order valence-electron chi connectivity index (χ2n) is 2.34. The van der Waals surface area contributed by atoms with Crippen LogP contribution in [0.25, 0.3) is 0 Å². The lowest BCUT2D eigenvalue weighted by Crippen LogP contribution is -2.24. The minimum atomic E-state index is -0.553. The van der Waals surface area contributed by atoms with Crippen LogP contribution in [0.3, 0.4) is 0 Å². The molecule has 0 spiro atoms. The predicted octanol–water partition coefficient (Wildman–Crippen LogP) is 2.28. The van der Waals surface area contributed by atoms with E-state index < -0.39 is 5.97 Å². The van der Waals surface area contributed by atoms with Gasteiger partial charge in [0.15, 0.2) is 10.2 Å². The monoisotopic (exact) mass is 268 g/mol. The lowest BCUT2D eigenvalue weighted by Gasteiger charge is -2.13. The average molecular weight is 269 g/mol. The summed E-state index contributed by atoms with van der Waals surface area (Å²) in [5.74, 6) is -0.553. The van der Waals surface area contributed by atoms with E-state index in [-0.39, 0.29) is 21.6 Å². The molecular formula is C7H6Cl2N2O3S. The third kappa shape index (κ3) is 2.80. The molecule has 0 aliphatic rings. The molecule has 0 aromatic carbocycles. The van der Waals surface area contributed by atoms with Crippen molar-refractivity contribution in [3.63, 3.8) is 0 Å². The first-order valence-electron chi connectivity index (χ1n) is 3.86. The van der Waals surface area contributed by atoms with E-state index in [0.717, 1.165) is 11.5 Å². The second kappa shape index (κ2) is 5.29. The van der Waals surface area contributed by atoms with Gasteiger partial charge in [-0.3, -0.25) is 4.79 Å². The van der Waals surface area contributed by atoms with Crippen molar-refractivity contribution in [1.29, 1.82) is 0 Å². The Balaban J connectivity index is 2.88. The summed E-state index contributed by atoms with van der Waals surface area (Å²) in [6, 6.07) is 0. The molecule has 1 aromatic heterocycles. The van der Waals surface area contributed by atoms with Crippen molar-refractivity contribution in [2.75, 3.05) is 5.06 Å². The number of halogens is 2. The molecule has 0 aliphatic heterocycles. The molecule has 1 amide bonds. The van der Waals surface area contributed by atoms with E-state index >= 15 is 0 Å². The highest BCUT2D eigenvalue weighted by molar-refractivity contribution is 7.11. The van der Waals surface area contributed by atoms with Crippen molar-refractivity contribution < 1.29 is 14.4 Å². The summed E-state index contributed by atoms with van der Waals surface area (Å²) in [6.07, 6.45) is 0.470. The van der Waals surface area contributed by atoms with E-state index in [9.17, 15) is 9.59 Å². The average Bonchev–Trinajstić information content (AvgIpc) is 2.56. The molecule has 1 rings (SSSR count). The number of carbonyl (C=O) groups is 2. The van der Waals surface area contributed by atoms with Gasteiger partial charge in [-0.05, 0) is 11.5 Å². The molecule has 0 unspecified atom stereocenters. The number of hydroxylamine groups is 1. The Labute approximate surface area is 99.6 Å². The van der Waals surface area contributed by atoms with Crippen LogP contribution in [0.15, 0.2) is 0 Å². The van der Waals surface area contributed by atoms with Gasteiger partial charge >= 0.3 is 5.97 Å². The number of amides is 1. The van der Waals surface area contributed by atoms with Gasteiger partial charge in [0.2, 0.25) is 6.41 Å². The Morgan fingerprint density at radius 1 is 1.67 bits per heavy atom. The van der Waals surface area contributed by atoms with Crippen LogP contribution in [0.1, 0.15) is 13.3 Å². The number of aromatic nitrogens is 1. The molecule has 0 saturated carbocycles. The fraction of sp³-hybridized carbons (Fsp3) is 0.286. The number of hydrogen-bond acceptors (Lipinski definition) is 5. The van der Waals surface area contributed by atoms with E-state index in [1.54, 1.807) is 6.92 Å². The minimum absolute atomic E-state index is 0.0658. The first-order valence-corrected chi connectivity index (χ1v) is 5.39. The Hall–Kier alpha value is -0.850. The summed E-state index contributed by atoms with van der Waals surface area (Å²) in [7, 11) is 0. The lowest BCUT2D eigenvalue weighted by atomic mass is 10.5. The zero-order valence-electron chi connectivity index (χ0n) is 7.57. The molecular weight excluding hydrogens is 263 g/mol. The molecule has 8 heteroatoms. The van der Waals surface area contributed by atoms with Crippen LogP contribution in [-0.2, 0) is 14.4 Å². The molecule has 0 fully saturated rings. The highest BCUT2D eigenvalue weighted by Gasteiger charge is 2.19. The van der Waals surface area contributed by atoms with Gasteiger partial charge in [-0.15, -0.1) is 5.06 Å². The van der Waals surface area contributed by atoms with E-state index in [0.29, 0.717) is 11.5 Å². The number of carbonyl (C=O) groups excluding carboxylic acids is 2. The number of nitrogens with zero attached hydrogens (tertiary/aromatic N) is 2. The lowest BCUT2D eigenvalue weighted by molar-refractivity contribution is -0.147. The summed E-state index contributed by atoms with van der Waals surface area (Å²) >= 11 is 12.2. The van der Waals surface area contributed by atoms with Crippen LogP contribution >= 0.6 is 34.7 Å². The SMILES string of the molecule is CCC(=O)ON(C=O)c1snc(Cl)c1Cl. The van der Waals surface area contributed by atoms with E-state index in [1.807, 2.05) is 0 Å². The highest BCUT2D eigenvalue weighted by atomic mass is 35.5. The van der Waals surface area contributed by atoms with Gasteiger partial charge in [-0.2, -0.15) is 4.37 Å². The van der Waals surface area contributed by atoms with Crippen LogP contribution in [0, 0.1) is 0 Å². The fourth-order valence-electron chi connectivity index (χ4n) is 0.674. The summed E-state index contributed by atoms with van der Waals surface area (Å²) in [6.45, 7) is 1.60. The molecule has 0 N–H and O–H groups in total. The van der Waals surface area contributed by atoms with Gasteiger partial charge in [0.1, 0.15) is 5.02 Å². The quantitative estimate of drug-likeness (QED) is 0.621. The molecule has 5 nitrogen and oxygen atoms in total. The zero-order chi connectivity index (χ0) is 11.4. The summed E-state index contributed by atoms with van der Waals surface area (Å²) < 4.78 is 3.70. The maximum absolute atomic E-state index is 11.0. The molecule has 0 aliphatic carbocycles. The predicted molar refractivity (Wildman–Crippen MR) is 57.1 cm³/mol. The fourth-order valence-corrected chi connectivity index (χ4v) is 1.80. The normalized spacial score (nSPS) is 9.80. The van der Waals surface area contributed by atoms with Crippen molar-refractivity contribution in [3.05, 3.63) is 10.2 Å². The maximum atomic E-state index is 11.0. The van der Waals surface area contributed by atoms with E-state index in [4.69, 9.17) is 23.2 Å². The highest BCUT2D eigenvalue weighted by Crippen LogP contribution is 2.35. The van der Waals surface area contributed by atoms with Gasteiger partial charge in [0.05, 0.1) is 0 Å². The van der Waals surface area contributed by atoms with Gasteiger partial charge in [0.25, 0.3) is 0 Å². The Kier molecular flexibility index (Phi) is 4.31. The first-order chi connectivity index (χ1) is 7.10. The van der Waals surface area contributed by atoms with Crippen molar-refractivity contribution >= 4 is 52.1 Å². The zero-order valence-corrected chi connectivity index (χ0v) is 9.90. The van der Waals surface area contributed by atoms with Gasteiger partial charge in [-0.1, -0.05) is 30.1 Å². The first kappa shape index (κ1) is 12.2. The topological polar surface area (TPSA) is 59.5 Å². The summed E-state index contributed by atoms with van der Waals surface area (Å²) in [5.41, 5.74) is 0. The molecule has 0 atom stereocenters. The van der Waals surface area contributed by atoms with Gasteiger partial charge in [-0.25, -0.2) is 4.79 Å².